The van der Waals surface area contributed by atoms with E-state index in [1.807, 2.05) is 0 Å². The minimum Gasteiger partial charge on any atom is -0.481 e. The van der Waals surface area contributed by atoms with Crippen LogP contribution in [0.1, 0.15) is 12.5 Å². The van der Waals surface area contributed by atoms with E-state index in [9.17, 15) is 18.0 Å². The highest BCUT2D eigenvalue weighted by molar-refractivity contribution is 8.00. The Morgan fingerprint density at radius 3 is 2.50 bits per heavy atom. The first kappa shape index (κ1) is 18.0. The molecule has 0 aliphatic carbocycles. The summed E-state index contributed by atoms with van der Waals surface area (Å²) in [5.74, 6) is -1.86. The third-order valence-electron chi connectivity index (χ3n) is 2.44. The highest BCUT2D eigenvalue weighted by atomic mass is 32.2. The number of ether oxygens (including phenoxy) is 1. The molecule has 0 heterocycles. The van der Waals surface area contributed by atoms with Gasteiger partial charge in [-0.3, -0.25) is 0 Å². The van der Waals surface area contributed by atoms with E-state index in [0.29, 0.717) is 0 Å². The zero-order valence-corrected chi connectivity index (χ0v) is 12.3. The molecule has 0 spiro atoms. The van der Waals surface area contributed by atoms with E-state index in [4.69, 9.17) is 15.9 Å². The highest BCUT2D eigenvalue weighted by Crippen LogP contribution is 2.38. The Morgan fingerprint density at radius 2 is 2.00 bits per heavy atom. The maximum Gasteiger partial charge on any atom is 0.420 e. The number of benzene rings is 1. The molecule has 9 heteroatoms. The predicted molar refractivity (Wildman–Crippen MR) is 76.4 cm³/mol. The SMILES string of the molecule is CC(=N)C(=N)CSc1ccc(OCC(=O)O)c(C(F)(F)F)c1. The molecule has 1 aromatic carbocycles. The molecule has 0 radical (unpaired) electrons. The van der Waals surface area contributed by atoms with Crippen LogP contribution in [0.15, 0.2) is 23.1 Å². The maximum atomic E-state index is 13.0. The van der Waals surface area contributed by atoms with Crippen molar-refractivity contribution in [2.45, 2.75) is 18.0 Å². The summed E-state index contributed by atoms with van der Waals surface area (Å²) in [6.45, 7) is 0.556. The molecule has 0 unspecified atom stereocenters. The normalized spacial score (nSPS) is 11.1. The van der Waals surface area contributed by atoms with E-state index < -0.39 is 30.1 Å². The Kier molecular flexibility index (Phi) is 5.98. The first-order chi connectivity index (χ1) is 10.1. The first-order valence-corrected chi connectivity index (χ1v) is 6.91. The summed E-state index contributed by atoms with van der Waals surface area (Å²) in [6, 6.07) is 3.24. The van der Waals surface area contributed by atoms with Gasteiger partial charge in [-0.1, -0.05) is 0 Å². The van der Waals surface area contributed by atoms with Crippen molar-refractivity contribution in [1.82, 2.24) is 0 Å². The number of hydrogen-bond donors (Lipinski definition) is 3. The van der Waals surface area contributed by atoms with Crippen molar-refractivity contribution in [3.8, 4) is 5.75 Å². The van der Waals surface area contributed by atoms with Crippen LogP contribution in [0.25, 0.3) is 0 Å². The van der Waals surface area contributed by atoms with Gasteiger partial charge in [0.25, 0.3) is 0 Å². The van der Waals surface area contributed by atoms with Crippen molar-refractivity contribution in [2.24, 2.45) is 0 Å². The molecule has 22 heavy (non-hydrogen) atoms. The van der Waals surface area contributed by atoms with Crippen molar-refractivity contribution in [2.75, 3.05) is 12.4 Å². The number of nitrogens with one attached hydrogen (secondary N) is 2. The Morgan fingerprint density at radius 1 is 1.36 bits per heavy atom. The van der Waals surface area contributed by atoms with Crippen LogP contribution in [-0.4, -0.2) is 34.9 Å². The van der Waals surface area contributed by atoms with Gasteiger partial charge in [0, 0.05) is 16.4 Å². The number of alkyl halides is 3. The number of rotatable bonds is 7. The summed E-state index contributed by atoms with van der Waals surface area (Å²) >= 11 is 0.983. The summed E-state index contributed by atoms with van der Waals surface area (Å²) in [4.78, 5) is 10.6. The Labute approximate surface area is 128 Å². The van der Waals surface area contributed by atoms with Crippen LogP contribution in [0, 0.1) is 10.8 Å². The molecule has 0 aliphatic rings. The van der Waals surface area contributed by atoms with Crippen LogP contribution >= 0.6 is 11.8 Å². The molecule has 0 aromatic heterocycles. The molecule has 0 aliphatic heterocycles. The number of carbonyl (C=O) groups is 1. The van der Waals surface area contributed by atoms with Gasteiger partial charge in [-0.05, 0) is 25.1 Å². The zero-order chi connectivity index (χ0) is 16.9. The third-order valence-corrected chi connectivity index (χ3v) is 3.46. The average Bonchev–Trinajstić information content (AvgIpc) is 2.41. The number of aliphatic carboxylic acids is 1. The predicted octanol–water partition coefficient (Wildman–Crippen LogP) is 3.32. The smallest absolute Gasteiger partial charge is 0.420 e. The van der Waals surface area contributed by atoms with Gasteiger partial charge >= 0.3 is 12.1 Å². The van der Waals surface area contributed by atoms with E-state index in [1.54, 1.807) is 0 Å². The van der Waals surface area contributed by atoms with Gasteiger partial charge in [-0.2, -0.15) is 13.2 Å². The van der Waals surface area contributed by atoms with Crippen molar-refractivity contribution in [3.63, 3.8) is 0 Å². The monoisotopic (exact) mass is 334 g/mol. The van der Waals surface area contributed by atoms with Crippen LogP contribution in [0.3, 0.4) is 0 Å². The van der Waals surface area contributed by atoms with Crippen molar-refractivity contribution in [1.29, 1.82) is 10.8 Å². The number of halogens is 3. The molecule has 120 valence electrons. The van der Waals surface area contributed by atoms with E-state index >= 15 is 0 Å². The van der Waals surface area contributed by atoms with E-state index in [2.05, 4.69) is 4.74 Å². The van der Waals surface area contributed by atoms with E-state index in [1.165, 1.54) is 13.0 Å². The second-order valence-electron chi connectivity index (χ2n) is 4.23. The van der Waals surface area contributed by atoms with Gasteiger partial charge in [0.15, 0.2) is 6.61 Å². The first-order valence-electron chi connectivity index (χ1n) is 5.93. The number of carboxylic acid groups (broad SMARTS) is 1. The third kappa shape index (κ3) is 5.40. The summed E-state index contributed by atoms with van der Waals surface area (Å²) in [6.07, 6.45) is -4.69. The topological polar surface area (TPSA) is 94.2 Å². The average molecular weight is 334 g/mol. The Bertz CT molecular complexity index is 603. The summed E-state index contributed by atoms with van der Waals surface area (Å²) in [5, 5.41) is 23.2. The lowest BCUT2D eigenvalue weighted by Gasteiger charge is -2.14. The van der Waals surface area contributed by atoms with Gasteiger partial charge in [-0.25, -0.2) is 4.79 Å². The Hall–Kier alpha value is -2.03. The molecular weight excluding hydrogens is 321 g/mol. The molecule has 0 atom stereocenters. The summed E-state index contributed by atoms with van der Waals surface area (Å²) < 4.78 is 43.5. The molecule has 0 saturated heterocycles. The van der Waals surface area contributed by atoms with E-state index in [-0.39, 0.29) is 22.1 Å². The standard InChI is InChI=1S/C13H13F3N2O3S/c1-7(17)10(18)6-22-8-2-3-11(21-5-12(19)20)9(4-8)13(14,15)16/h2-4,17-18H,5-6H2,1H3,(H,19,20). The van der Waals surface area contributed by atoms with Crippen LogP contribution in [0.2, 0.25) is 0 Å². The second kappa shape index (κ2) is 7.30. The number of carboxylic acids is 1. The Balaban J connectivity index is 2.97. The molecule has 0 amide bonds. The van der Waals surface area contributed by atoms with Crippen molar-refractivity contribution in [3.05, 3.63) is 23.8 Å². The highest BCUT2D eigenvalue weighted by Gasteiger charge is 2.35. The lowest BCUT2D eigenvalue weighted by Crippen LogP contribution is -2.14. The zero-order valence-electron chi connectivity index (χ0n) is 11.5. The van der Waals surface area contributed by atoms with Gasteiger partial charge in [-0.15, -0.1) is 11.8 Å². The van der Waals surface area contributed by atoms with Gasteiger partial charge < -0.3 is 20.7 Å². The van der Waals surface area contributed by atoms with Crippen LogP contribution in [0.4, 0.5) is 13.2 Å². The molecule has 1 rings (SSSR count). The summed E-state index contributed by atoms with van der Waals surface area (Å²) in [5.41, 5.74) is -1.01. The lowest BCUT2D eigenvalue weighted by molar-refractivity contribution is -0.143. The van der Waals surface area contributed by atoms with Gasteiger partial charge in [0.05, 0.1) is 11.3 Å². The lowest BCUT2D eigenvalue weighted by atomic mass is 10.2. The van der Waals surface area contributed by atoms with Crippen molar-refractivity contribution < 1.29 is 27.8 Å². The van der Waals surface area contributed by atoms with E-state index in [0.717, 1.165) is 23.9 Å². The van der Waals surface area contributed by atoms with Crippen LogP contribution in [-0.2, 0) is 11.0 Å². The van der Waals surface area contributed by atoms with Crippen LogP contribution in [0.5, 0.6) is 5.75 Å². The van der Waals surface area contributed by atoms with Crippen LogP contribution < -0.4 is 4.74 Å². The number of hydrogen-bond acceptors (Lipinski definition) is 5. The maximum absolute atomic E-state index is 13.0. The quantitative estimate of drug-likeness (QED) is 0.526. The molecule has 0 bridgehead atoms. The molecule has 3 N–H and O–H groups in total. The second-order valence-corrected chi connectivity index (χ2v) is 5.28. The summed E-state index contributed by atoms with van der Waals surface area (Å²) in [7, 11) is 0. The minimum absolute atomic E-state index is 0.0183. The molecule has 0 fully saturated rings. The fourth-order valence-electron chi connectivity index (χ4n) is 1.35. The fourth-order valence-corrected chi connectivity index (χ4v) is 2.24. The molecule has 5 nitrogen and oxygen atoms in total. The fraction of sp³-hybridized carbons (Fsp3) is 0.308. The molecular formula is C13H13F3N2O3S. The number of thioether (sulfide) groups is 1. The minimum atomic E-state index is -4.69. The molecule has 0 saturated carbocycles. The largest absolute Gasteiger partial charge is 0.481 e. The van der Waals surface area contributed by atoms with Gasteiger partial charge in [0.2, 0.25) is 0 Å². The van der Waals surface area contributed by atoms with Crippen molar-refractivity contribution >= 4 is 29.2 Å². The van der Waals surface area contributed by atoms with Gasteiger partial charge in [0.1, 0.15) is 5.75 Å². The molecule has 1 aromatic rings.